The van der Waals surface area contributed by atoms with Crippen LogP contribution in [0.15, 0.2) is 12.1 Å². The number of benzene rings is 1. The van der Waals surface area contributed by atoms with E-state index in [4.69, 9.17) is 16.3 Å². The number of halogens is 3. The molecule has 0 N–H and O–H groups in total. The largest absolute Gasteiger partial charge is 0.479 e. The lowest BCUT2D eigenvalue weighted by Gasteiger charge is -2.11. The molecule has 0 aliphatic carbocycles. The average molecular weight is 280 g/mol. The number of rotatable bonds is 0. The summed E-state index contributed by atoms with van der Waals surface area (Å²) >= 11 is 9.07. The van der Waals surface area contributed by atoms with Gasteiger partial charge in [-0.2, -0.15) is 0 Å². The van der Waals surface area contributed by atoms with Gasteiger partial charge in [-0.3, -0.25) is 0 Å². The standard InChI is InChI=1S/C10H9BrClFO/c11-10-3-1-2-6-4-8(13)7(12)5-9(6)14-10/h4-5,10H,1-3H2. The van der Waals surface area contributed by atoms with E-state index in [1.165, 1.54) is 6.07 Å². The molecule has 1 aliphatic rings. The molecule has 1 heterocycles. The Kier molecular flexibility index (Phi) is 2.98. The third-order valence-electron chi connectivity index (χ3n) is 2.24. The van der Waals surface area contributed by atoms with Crippen LogP contribution in [0.25, 0.3) is 0 Å². The summed E-state index contributed by atoms with van der Waals surface area (Å²) in [5.41, 5.74) is 0.897. The third kappa shape index (κ3) is 2.04. The van der Waals surface area contributed by atoms with E-state index in [2.05, 4.69) is 15.9 Å². The van der Waals surface area contributed by atoms with Crippen LogP contribution in [0.4, 0.5) is 4.39 Å². The van der Waals surface area contributed by atoms with Crippen molar-refractivity contribution in [2.45, 2.75) is 24.3 Å². The molecule has 0 radical (unpaired) electrons. The van der Waals surface area contributed by atoms with Crippen molar-refractivity contribution in [2.75, 3.05) is 0 Å². The van der Waals surface area contributed by atoms with E-state index in [-0.39, 0.29) is 15.9 Å². The second kappa shape index (κ2) is 4.07. The first-order valence-corrected chi connectivity index (χ1v) is 5.75. The summed E-state index contributed by atoms with van der Waals surface area (Å²) in [6.07, 6.45) is 2.75. The maximum atomic E-state index is 13.1. The van der Waals surface area contributed by atoms with Crippen LogP contribution in [-0.2, 0) is 6.42 Å². The summed E-state index contributed by atoms with van der Waals surface area (Å²) in [5.74, 6) is 0.317. The number of hydrogen-bond donors (Lipinski definition) is 0. The molecule has 0 saturated heterocycles. The molecule has 1 unspecified atom stereocenters. The molecule has 0 spiro atoms. The molecule has 0 fully saturated rings. The Bertz CT molecular complexity index is 356. The van der Waals surface area contributed by atoms with Crippen LogP contribution < -0.4 is 4.74 Å². The quantitative estimate of drug-likeness (QED) is 0.654. The van der Waals surface area contributed by atoms with Gasteiger partial charge in [-0.05, 0) is 46.8 Å². The fraction of sp³-hybridized carbons (Fsp3) is 0.400. The lowest BCUT2D eigenvalue weighted by molar-refractivity contribution is 0.289. The highest BCUT2D eigenvalue weighted by atomic mass is 79.9. The number of hydrogen-bond acceptors (Lipinski definition) is 1. The van der Waals surface area contributed by atoms with Gasteiger partial charge in [-0.15, -0.1) is 0 Å². The number of fused-ring (bicyclic) bond motifs is 1. The van der Waals surface area contributed by atoms with E-state index >= 15 is 0 Å². The van der Waals surface area contributed by atoms with Crippen molar-refractivity contribution in [3.8, 4) is 5.75 Å². The highest BCUT2D eigenvalue weighted by Crippen LogP contribution is 2.32. The van der Waals surface area contributed by atoms with Crippen LogP contribution in [-0.4, -0.2) is 5.01 Å². The van der Waals surface area contributed by atoms with Gasteiger partial charge >= 0.3 is 0 Å². The predicted octanol–water partition coefficient (Wildman–Crippen LogP) is 3.92. The third-order valence-corrected chi connectivity index (χ3v) is 3.17. The van der Waals surface area contributed by atoms with Crippen molar-refractivity contribution in [2.24, 2.45) is 0 Å². The van der Waals surface area contributed by atoms with Crippen LogP contribution in [0, 0.1) is 5.82 Å². The van der Waals surface area contributed by atoms with Crippen LogP contribution in [0.2, 0.25) is 5.02 Å². The summed E-state index contributed by atoms with van der Waals surface area (Å²) < 4.78 is 18.7. The first-order chi connectivity index (χ1) is 6.66. The van der Waals surface area contributed by atoms with Crippen molar-refractivity contribution in [3.63, 3.8) is 0 Å². The number of ether oxygens (including phenoxy) is 1. The van der Waals surface area contributed by atoms with E-state index in [1.54, 1.807) is 6.07 Å². The van der Waals surface area contributed by atoms with Crippen LogP contribution >= 0.6 is 27.5 Å². The minimum Gasteiger partial charge on any atom is -0.479 e. The van der Waals surface area contributed by atoms with Crippen molar-refractivity contribution in [1.29, 1.82) is 0 Å². The van der Waals surface area contributed by atoms with Gasteiger partial charge in [0.1, 0.15) is 11.6 Å². The van der Waals surface area contributed by atoms with Gasteiger partial charge in [0.15, 0.2) is 5.01 Å². The average Bonchev–Trinajstić information content (AvgIpc) is 2.28. The molecular formula is C10H9BrClFO. The fourth-order valence-electron chi connectivity index (χ4n) is 1.52. The summed E-state index contributed by atoms with van der Waals surface area (Å²) in [4.78, 5) is 0. The maximum Gasteiger partial charge on any atom is 0.153 e. The van der Waals surface area contributed by atoms with Crippen molar-refractivity contribution < 1.29 is 9.13 Å². The number of alkyl halides is 1. The smallest absolute Gasteiger partial charge is 0.153 e. The highest BCUT2D eigenvalue weighted by Gasteiger charge is 2.17. The van der Waals surface area contributed by atoms with E-state index < -0.39 is 0 Å². The summed E-state index contributed by atoms with van der Waals surface area (Å²) in [6, 6.07) is 3.01. The van der Waals surface area contributed by atoms with Gasteiger partial charge < -0.3 is 4.74 Å². The molecule has 0 bridgehead atoms. The molecule has 14 heavy (non-hydrogen) atoms. The topological polar surface area (TPSA) is 9.23 Å². The van der Waals surface area contributed by atoms with E-state index in [0.29, 0.717) is 5.75 Å². The van der Waals surface area contributed by atoms with Gasteiger partial charge in [0.25, 0.3) is 0 Å². The maximum absolute atomic E-state index is 13.1. The Morgan fingerprint density at radius 1 is 1.50 bits per heavy atom. The minimum absolute atomic E-state index is 0.00489. The second-order valence-corrected chi connectivity index (χ2v) is 4.72. The molecule has 1 aliphatic heterocycles. The molecule has 0 amide bonds. The van der Waals surface area contributed by atoms with Gasteiger partial charge in [-0.25, -0.2) is 4.39 Å². The SMILES string of the molecule is Fc1cc2c(cc1Cl)OC(Br)CCC2. The van der Waals surface area contributed by atoms with E-state index in [1.807, 2.05) is 0 Å². The Hall–Kier alpha value is -0.280. The lowest BCUT2D eigenvalue weighted by Crippen LogP contribution is -2.05. The Balaban J connectivity index is 2.41. The zero-order valence-corrected chi connectivity index (χ0v) is 9.74. The number of aryl methyl sites for hydroxylation is 1. The van der Waals surface area contributed by atoms with E-state index in [9.17, 15) is 4.39 Å². The first-order valence-electron chi connectivity index (χ1n) is 4.45. The van der Waals surface area contributed by atoms with Gasteiger partial charge in [-0.1, -0.05) is 11.6 Å². The Morgan fingerprint density at radius 3 is 3.07 bits per heavy atom. The van der Waals surface area contributed by atoms with E-state index in [0.717, 1.165) is 24.8 Å². The monoisotopic (exact) mass is 278 g/mol. The summed E-state index contributed by atoms with van der Waals surface area (Å²) in [7, 11) is 0. The van der Waals surface area contributed by atoms with Gasteiger partial charge in [0.05, 0.1) is 5.02 Å². The zero-order chi connectivity index (χ0) is 10.1. The second-order valence-electron chi connectivity index (χ2n) is 3.29. The summed E-state index contributed by atoms with van der Waals surface area (Å²) in [5, 5.41) is 0.121. The Labute approximate surface area is 95.3 Å². The molecule has 76 valence electrons. The molecule has 2 rings (SSSR count). The van der Waals surface area contributed by atoms with Crippen molar-refractivity contribution >= 4 is 27.5 Å². The lowest BCUT2D eigenvalue weighted by atomic mass is 10.1. The Morgan fingerprint density at radius 2 is 2.29 bits per heavy atom. The highest BCUT2D eigenvalue weighted by molar-refractivity contribution is 9.09. The molecule has 1 aromatic carbocycles. The predicted molar refractivity (Wildman–Crippen MR) is 57.7 cm³/mol. The first kappa shape index (κ1) is 10.2. The summed E-state index contributed by atoms with van der Waals surface area (Å²) in [6.45, 7) is 0. The molecule has 1 atom stereocenters. The normalized spacial score (nSPS) is 20.9. The molecule has 0 saturated carbocycles. The molecule has 4 heteroatoms. The van der Waals surface area contributed by atoms with Crippen LogP contribution in [0.3, 0.4) is 0 Å². The fourth-order valence-corrected chi connectivity index (χ4v) is 2.20. The van der Waals surface area contributed by atoms with Gasteiger partial charge in [0.2, 0.25) is 0 Å². The van der Waals surface area contributed by atoms with Crippen molar-refractivity contribution in [3.05, 3.63) is 28.5 Å². The zero-order valence-electron chi connectivity index (χ0n) is 7.40. The van der Waals surface area contributed by atoms with Gasteiger partial charge in [0, 0.05) is 6.07 Å². The molecule has 1 nitrogen and oxygen atoms in total. The van der Waals surface area contributed by atoms with Crippen LogP contribution in [0.1, 0.15) is 18.4 Å². The molecule has 1 aromatic rings. The van der Waals surface area contributed by atoms with Crippen LogP contribution in [0.5, 0.6) is 5.75 Å². The van der Waals surface area contributed by atoms with Crippen molar-refractivity contribution in [1.82, 2.24) is 0 Å². The molecular weight excluding hydrogens is 270 g/mol. The molecule has 0 aromatic heterocycles. The minimum atomic E-state index is -0.373.